The summed E-state index contributed by atoms with van der Waals surface area (Å²) in [5, 5.41) is 0. The molecule has 1 aliphatic rings. The molecule has 1 aromatic carbocycles. The second-order valence-corrected chi connectivity index (χ2v) is 6.28. The van der Waals surface area contributed by atoms with E-state index in [-0.39, 0.29) is 5.56 Å². The van der Waals surface area contributed by atoms with Crippen LogP contribution in [-0.2, 0) is 17.8 Å². The van der Waals surface area contributed by atoms with Crippen LogP contribution >= 0.6 is 0 Å². The van der Waals surface area contributed by atoms with Gasteiger partial charge in [-0.05, 0) is 18.6 Å². The van der Waals surface area contributed by atoms with Crippen molar-refractivity contribution >= 4 is 11.6 Å². The largest absolute Gasteiger partial charge is 0.497 e. The SMILES string of the molecule is CCc1c(COC)nc(N2CCN(c3cccc(OC)c3)CC2)[nH]c1=O. The first-order chi connectivity index (χ1) is 12.7. The molecule has 7 nitrogen and oxygen atoms in total. The van der Waals surface area contributed by atoms with Crippen molar-refractivity contribution in [3.05, 3.63) is 45.9 Å². The van der Waals surface area contributed by atoms with Crippen LogP contribution in [0, 0.1) is 0 Å². The molecule has 140 valence electrons. The molecule has 0 saturated carbocycles. The summed E-state index contributed by atoms with van der Waals surface area (Å²) in [6.07, 6.45) is 0.644. The molecule has 1 aliphatic heterocycles. The van der Waals surface area contributed by atoms with Gasteiger partial charge in [0.25, 0.3) is 5.56 Å². The van der Waals surface area contributed by atoms with Crippen molar-refractivity contribution in [2.75, 3.05) is 50.2 Å². The molecule has 1 saturated heterocycles. The van der Waals surface area contributed by atoms with Crippen molar-refractivity contribution in [2.24, 2.45) is 0 Å². The van der Waals surface area contributed by atoms with Gasteiger partial charge in [0.1, 0.15) is 5.75 Å². The second kappa shape index (κ2) is 8.23. The molecule has 1 fully saturated rings. The van der Waals surface area contributed by atoms with E-state index in [2.05, 4.69) is 25.8 Å². The highest BCUT2D eigenvalue weighted by Crippen LogP contribution is 2.23. The van der Waals surface area contributed by atoms with Gasteiger partial charge >= 0.3 is 0 Å². The van der Waals surface area contributed by atoms with Crippen LogP contribution in [0.3, 0.4) is 0 Å². The topological polar surface area (TPSA) is 70.7 Å². The summed E-state index contributed by atoms with van der Waals surface area (Å²) in [4.78, 5) is 24.4. The van der Waals surface area contributed by atoms with E-state index in [0.29, 0.717) is 24.5 Å². The lowest BCUT2D eigenvalue weighted by atomic mass is 10.2. The lowest BCUT2D eigenvalue weighted by Gasteiger charge is -2.36. The number of anilines is 2. The molecule has 0 amide bonds. The van der Waals surface area contributed by atoms with Crippen LogP contribution in [0.1, 0.15) is 18.2 Å². The van der Waals surface area contributed by atoms with E-state index in [1.165, 1.54) is 0 Å². The number of piperazine rings is 1. The van der Waals surface area contributed by atoms with Crippen molar-refractivity contribution in [2.45, 2.75) is 20.0 Å². The number of nitrogens with one attached hydrogen (secondary N) is 1. The molecule has 0 radical (unpaired) electrons. The lowest BCUT2D eigenvalue weighted by molar-refractivity contribution is 0.180. The number of methoxy groups -OCH3 is 2. The van der Waals surface area contributed by atoms with Gasteiger partial charge in [-0.2, -0.15) is 0 Å². The van der Waals surface area contributed by atoms with Crippen LogP contribution < -0.4 is 20.1 Å². The predicted molar refractivity (Wildman–Crippen MR) is 102 cm³/mol. The number of benzene rings is 1. The average molecular weight is 358 g/mol. The summed E-state index contributed by atoms with van der Waals surface area (Å²) in [6, 6.07) is 8.08. The molecule has 0 bridgehead atoms. The van der Waals surface area contributed by atoms with E-state index in [1.807, 2.05) is 25.1 Å². The number of ether oxygens (including phenoxy) is 2. The summed E-state index contributed by atoms with van der Waals surface area (Å²) < 4.78 is 10.5. The number of hydrogen-bond acceptors (Lipinski definition) is 6. The van der Waals surface area contributed by atoms with Crippen LogP contribution in [0.25, 0.3) is 0 Å². The Bertz CT molecular complexity index is 798. The normalized spacial score (nSPS) is 14.6. The number of aromatic nitrogens is 2. The lowest BCUT2D eigenvalue weighted by Crippen LogP contribution is -2.47. The van der Waals surface area contributed by atoms with Gasteiger partial charge in [-0.25, -0.2) is 4.98 Å². The Kier molecular flexibility index (Phi) is 5.78. The van der Waals surface area contributed by atoms with E-state index in [1.54, 1.807) is 14.2 Å². The highest BCUT2D eigenvalue weighted by atomic mass is 16.5. The van der Waals surface area contributed by atoms with Crippen molar-refractivity contribution in [3.8, 4) is 5.75 Å². The van der Waals surface area contributed by atoms with Gasteiger partial charge in [-0.1, -0.05) is 13.0 Å². The fourth-order valence-electron chi connectivity index (χ4n) is 3.29. The third-order valence-corrected chi connectivity index (χ3v) is 4.72. The number of H-pyrrole nitrogens is 1. The Labute approximate surface area is 153 Å². The molecule has 2 heterocycles. The molecular weight excluding hydrogens is 332 g/mol. The molecule has 0 aliphatic carbocycles. The Morgan fingerprint density at radius 2 is 1.88 bits per heavy atom. The van der Waals surface area contributed by atoms with Gasteiger partial charge in [-0.3, -0.25) is 9.78 Å². The number of hydrogen-bond donors (Lipinski definition) is 1. The molecule has 1 aromatic heterocycles. The third kappa shape index (κ3) is 3.83. The minimum Gasteiger partial charge on any atom is -0.497 e. The van der Waals surface area contributed by atoms with Crippen molar-refractivity contribution < 1.29 is 9.47 Å². The molecule has 0 atom stereocenters. The zero-order valence-corrected chi connectivity index (χ0v) is 15.6. The van der Waals surface area contributed by atoms with E-state index in [4.69, 9.17) is 9.47 Å². The Hall–Kier alpha value is -2.54. The zero-order valence-electron chi connectivity index (χ0n) is 15.6. The molecule has 26 heavy (non-hydrogen) atoms. The van der Waals surface area contributed by atoms with Crippen LogP contribution in [0.15, 0.2) is 29.1 Å². The fourth-order valence-corrected chi connectivity index (χ4v) is 3.29. The third-order valence-electron chi connectivity index (χ3n) is 4.72. The molecule has 0 unspecified atom stereocenters. The zero-order chi connectivity index (χ0) is 18.5. The molecule has 2 aromatic rings. The summed E-state index contributed by atoms with van der Waals surface area (Å²) in [6.45, 7) is 5.59. The van der Waals surface area contributed by atoms with E-state index < -0.39 is 0 Å². The summed E-state index contributed by atoms with van der Waals surface area (Å²) in [7, 11) is 3.30. The maximum Gasteiger partial charge on any atom is 0.255 e. The molecule has 0 spiro atoms. The first-order valence-corrected chi connectivity index (χ1v) is 8.91. The average Bonchev–Trinajstić information content (AvgIpc) is 2.68. The Morgan fingerprint density at radius 3 is 2.54 bits per heavy atom. The predicted octanol–water partition coefficient (Wildman–Crippen LogP) is 1.81. The minimum atomic E-state index is -0.0697. The Morgan fingerprint density at radius 1 is 1.15 bits per heavy atom. The van der Waals surface area contributed by atoms with Gasteiger partial charge in [0.2, 0.25) is 5.95 Å². The quantitative estimate of drug-likeness (QED) is 0.849. The van der Waals surface area contributed by atoms with Crippen LogP contribution in [0.5, 0.6) is 5.75 Å². The van der Waals surface area contributed by atoms with E-state index >= 15 is 0 Å². The summed E-state index contributed by atoms with van der Waals surface area (Å²) >= 11 is 0. The maximum absolute atomic E-state index is 12.4. The number of rotatable bonds is 6. The molecule has 7 heteroatoms. The molecule has 1 N–H and O–H groups in total. The van der Waals surface area contributed by atoms with Gasteiger partial charge in [0, 0.05) is 50.6 Å². The van der Waals surface area contributed by atoms with Gasteiger partial charge in [0.05, 0.1) is 19.4 Å². The standard InChI is InChI=1S/C19H26N4O3/c1-4-16-17(13-25-2)20-19(21-18(16)24)23-10-8-22(9-11-23)14-6-5-7-15(12-14)26-3/h5-7,12H,4,8-11,13H2,1-3H3,(H,20,21,24). The first-order valence-electron chi connectivity index (χ1n) is 8.91. The monoisotopic (exact) mass is 358 g/mol. The molecule has 3 rings (SSSR count). The summed E-state index contributed by atoms with van der Waals surface area (Å²) in [5.41, 5.74) is 2.50. The first kappa shape index (κ1) is 18.3. The van der Waals surface area contributed by atoms with Crippen LogP contribution in [0.2, 0.25) is 0 Å². The van der Waals surface area contributed by atoms with Crippen molar-refractivity contribution in [1.29, 1.82) is 0 Å². The van der Waals surface area contributed by atoms with Crippen molar-refractivity contribution in [1.82, 2.24) is 9.97 Å². The second-order valence-electron chi connectivity index (χ2n) is 6.28. The van der Waals surface area contributed by atoms with Crippen molar-refractivity contribution in [3.63, 3.8) is 0 Å². The van der Waals surface area contributed by atoms with E-state index in [9.17, 15) is 4.79 Å². The number of nitrogens with zero attached hydrogens (tertiary/aromatic N) is 3. The van der Waals surface area contributed by atoms with Crippen LogP contribution in [-0.4, -0.2) is 50.4 Å². The maximum atomic E-state index is 12.4. The summed E-state index contributed by atoms with van der Waals surface area (Å²) in [5.74, 6) is 1.49. The minimum absolute atomic E-state index is 0.0697. The highest BCUT2D eigenvalue weighted by molar-refractivity contribution is 5.52. The van der Waals surface area contributed by atoms with E-state index in [0.717, 1.165) is 43.3 Å². The number of aromatic amines is 1. The smallest absolute Gasteiger partial charge is 0.255 e. The Balaban J connectivity index is 1.74. The van der Waals surface area contributed by atoms with Gasteiger partial charge in [0.15, 0.2) is 0 Å². The van der Waals surface area contributed by atoms with Gasteiger partial charge in [-0.15, -0.1) is 0 Å². The molecular formula is C19H26N4O3. The highest BCUT2D eigenvalue weighted by Gasteiger charge is 2.21. The fraction of sp³-hybridized carbons (Fsp3) is 0.474. The van der Waals surface area contributed by atoms with Crippen LogP contribution in [0.4, 0.5) is 11.6 Å². The van der Waals surface area contributed by atoms with Gasteiger partial charge < -0.3 is 19.3 Å².